The van der Waals surface area contributed by atoms with Crippen molar-refractivity contribution in [2.24, 2.45) is 0 Å². The van der Waals surface area contributed by atoms with Crippen LogP contribution in [0.5, 0.6) is 0 Å². The minimum absolute atomic E-state index is 0.539. The van der Waals surface area contributed by atoms with Gasteiger partial charge in [-0.3, -0.25) is 9.11 Å². The Hall–Kier alpha value is -0.590. The topological polar surface area (TPSA) is 55.7 Å². The largest absolute Gasteiger partial charge is 0.308 e. The van der Waals surface area contributed by atoms with E-state index >= 15 is 0 Å². The van der Waals surface area contributed by atoms with E-state index in [9.17, 15) is 9.11 Å². The van der Waals surface area contributed by atoms with Gasteiger partial charge in [0, 0.05) is 13.1 Å². The summed E-state index contributed by atoms with van der Waals surface area (Å²) in [6.07, 6.45) is 0. The van der Waals surface area contributed by atoms with Crippen LogP contribution in [0.1, 0.15) is 5.56 Å². The summed E-state index contributed by atoms with van der Waals surface area (Å²) >= 11 is 0. The van der Waals surface area contributed by atoms with Crippen LogP contribution >= 0.6 is 10.8 Å². The summed E-state index contributed by atoms with van der Waals surface area (Å²) < 4.78 is 22.6. The van der Waals surface area contributed by atoms with Gasteiger partial charge in [0.15, 0.2) is 0 Å². The maximum absolute atomic E-state index is 9.90. The molecule has 1 aromatic carbocycles. The molecule has 92 valence electrons. The molecule has 0 aliphatic rings. The van der Waals surface area contributed by atoms with E-state index in [1.54, 1.807) is 12.1 Å². The number of aryl methyl sites for hydroxylation is 1. The number of nitrogens with one attached hydrogen (secondary N) is 1. The first-order valence-electron chi connectivity index (χ1n) is 5.16. The summed E-state index contributed by atoms with van der Waals surface area (Å²) in [5, 5.41) is 0. The van der Waals surface area contributed by atoms with E-state index in [-0.39, 0.29) is 0 Å². The Kier molecular flexibility index (Phi) is 4.76. The van der Waals surface area contributed by atoms with Gasteiger partial charge in [-0.15, -0.1) is 10.8 Å². The summed E-state index contributed by atoms with van der Waals surface area (Å²) in [4.78, 5) is 2.52. The molecule has 0 bridgehead atoms. The van der Waals surface area contributed by atoms with Gasteiger partial charge in [0.1, 0.15) is 0 Å². The van der Waals surface area contributed by atoms with Crippen molar-refractivity contribution in [3.05, 3.63) is 29.8 Å². The lowest BCUT2D eigenvalue weighted by Crippen LogP contribution is -2.29. The fourth-order valence-corrected chi connectivity index (χ4v) is 2.28. The molecule has 0 unspecified atom stereocenters. The molecule has 0 fully saturated rings. The number of hydrogen-bond donors (Lipinski definition) is 3. The first kappa shape index (κ1) is 13.5. The van der Waals surface area contributed by atoms with Crippen LogP contribution < -0.4 is 4.72 Å². The van der Waals surface area contributed by atoms with E-state index in [1.807, 2.05) is 38.1 Å². The molecule has 5 heteroatoms. The van der Waals surface area contributed by atoms with E-state index < -0.39 is 10.8 Å². The summed E-state index contributed by atoms with van der Waals surface area (Å²) in [6.45, 7) is 3.28. The number of benzene rings is 1. The normalized spacial score (nSPS) is 13.1. The first-order valence-corrected chi connectivity index (χ1v) is 6.71. The predicted molar refractivity (Wildman–Crippen MR) is 68.9 cm³/mol. The van der Waals surface area contributed by atoms with E-state index in [1.165, 1.54) is 0 Å². The zero-order valence-corrected chi connectivity index (χ0v) is 10.8. The third-order valence-electron chi connectivity index (χ3n) is 2.21. The Labute approximate surface area is 98.8 Å². The minimum Gasteiger partial charge on any atom is -0.308 e. The molecule has 0 saturated carbocycles. The molecular weight excluding hydrogens is 224 g/mol. The Morgan fingerprint density at radius 3 is 2.25 bits per heavy atom. The Bertz CT molecular complexity index is 325. The molecule has 16 heavy (non-hydrogen) atoms. The lowest BCUT2D eigenvalue weighted by Gasteiger charge is -2.33. The van der Waals surface area contributed by atoms with Gasteiger partial charge < -0.3 is 4.90 Å². The summed E-state index contributed by atoms with van der Waals surface area (Å²) in [5.41, 5.74) is 1.10. The zero-order valence-electron chi connectivity index (χ0n) is 9.97. The second-order valence-corrected chi connectivity index (χ2v) is 5.92. The van der Waals surface area contributed by atoms with Gasteiger partial charge in [-0.05, 0) is 33.2 Å². The summed E-state index contributed by atoms with van der Waals surface area (Å²) in [5.74, 6) is 0. The monoisotopic (exact) mass is 244 g/mol. The molecule has 0 amide bonds. The molecule has 0 aliphatic heterocycles. The van der Waals surface area contributed by atoms with Crippen LogP contribution in [-0.2, 0) is 0 Å². The number of rotatable bonds is 5. The molecule has 0 saturated heterocycles. The van der Waals surface area contributed by atoms with E-state index in [0.717, 1.165) is 12.1 Å². The van der Waals surface area contributed by atoms with Crippen LogP contribution in [0.3, 0.4) is 0 Å². The molecule has 0 atom stereocenters. The third-order valence-corrected chi connectivity index (χ3v) is 3.75. The molecular formula is C11H20N2O2S. The third kappa shape index (κ3) is 4.11. The van der Waals surface area contributed by atoms with Crippen molar-refractivity contribution in [3.8, 4) is 0 Å². The molecule has 4 nitrogen and oxygen atoms in total. The van der Waals surface area contributed by atoms with Gasteiger partial charge in [-0.2, -0.15) is 0 Å². The quantitative estimate of drug-likeness (QED) is 0.743. The highest BCUT2D eigenvalue weighted by Crippen LogP contribution is 2.43. The lowest BCUT2D eigenvalue weighted by atomic mass is 10.2. The number of hydrogen-bond acceptors (Lipinski definition) is 4. The molecule has 0 spiro atoms. The van der Waals surface area contributed by atoms with Crippen molar-refractivity contribution in [1.29, 1.82) is 0 Å². The molecule has 0 aliphatic carbocycles. The van der Waals surface area contributed by atoms with Crippen molar-refractivity contribution in [2.75, 3.05) is 27.2 Å². The Morgan fingerprint density at radius 1 is 1.19 bits per heavy atom. The standard InChI is InChI=1S/C11H20N2O2S/c1-10-4-6-11(7-5-10)16(14,15)12-8-9-13(2)3/h4-7,12,14-15H,8-9H2,1-3H3. The van der Waals surface area contributed by atoms with Crippen molar-refractivity contribution >= 4 is 10.8 Å². The van der Waals surface area contributed by atoms with Crippen molar-refractivity contribution < 1.29 is 9.11 Å². The number of likely N-dealkylation sites (N-methyl/N-ethyl adjacent to an activating group) is 1. The summed E-state index contributed by atoms with van der Waals surface area (Å²) in [7, 11) is 1.04. The highest BCUT2D eigenvalue weighted by molar-refractivity contribution is 8.22. The van der Waals surface area contributed by atoms with Gasteiger partial charge >= 0.3 is 0 Å². The second kappa shape index (κ2) is 5.65. The molecule has 1 aromatic rings. The van der Waals surface area contributed by atoms with Crippen LogP contribution in [0.15, 0.2) is 29.2 Å². The second-order valence-electron chi connectivity index (χ2n) is 4.06. The van der Waals surface area contributed by atoms with Crippen LogP contribution in [0, 0.1) is 6.92 Å². The van der Waals surface area contributed by atoms with Crippen molar-refractivity contribution in [1.82, 2.24) is 9.62 Å². The SMILES string of the molecule is Cc1ccc(S(O)(O)NCCN(C)C)cc1. The molecule has 3 N–H and O–H groups in total. The molecule has 1 rings (SSSR count). The van der Waals surface area contributed by atoms with E-state index in [2.05, 4.69) is 4.72 Å². The minimum atomic E-state index is -2.85. The Balaban J connectivity index is 2.59. The highest BCUT2D eigenvalue weighted by atomic mass is 32.3. The van der Waals surface area contributed by atoms with Gasteiger partial charge in [-0.1, -0.05) is 17.7 Å². The summed E-state index contributed by atoms with van der Waals surface area (Å²) in [6, 6.07) is 7.23. The average Bonchev–Trinajstić information content (AvgIpc) is 2.17. The fraction of sp³-hybridized carbons (Fsp3) is 0.455. The lowest BCUT2D eigenvalue weighted by molar-refractivity contribution is 0.403. The van der Waals surface area contributed by atoms with Gasteiger partial charge in [0.25, 0.3) is 0 Å². The zero-order chi connectivity index (χ0) is 12.2. The highest BCUT2D eigenvalue weighted by Gasteiger charge is 2.13. The molecule has 0 aromatic heterocycles. The molecule has 0 heterocycles. The van der Waals surface area contributed by atoms with E-state index in [4.69, 9.17) is 0 Å². The Morgan fingerprint density at radius 2 is 1.75 bits per heavy atom. The first-order chi connectivity index (χ1) is 7.42. The van der Waals surface area contributed by atoms with Crippen LogP contribution in [0.4, 0.5) is 0 Å². The van der Waals surface area contributed by atoms with Crippen LogP contribution in [-0.4, -0.2) is 41.2 Å². The smallest absolute Gasteiger partial charge is 0.0750 e. The molecule has 0 radical (unpaired) electrons. The van der Waals surface area contributed by atoms with Crippen LogP contribution in [0.25, 0.3) is 0 Å². The van der Waals surface area contributed by atoms with Gasteiger partial charge in [0.05, 0.1) is 4.90 Å². The van der Waals surface area contributed by atoms with Crippen molar-refractivity contribution in [3.63, 3.8) is 0 Å². The maximum atomic E-state index is 9.90. The van der Waals surface area contributed by atoms with Crippen LogP contribution in [0.2, 0.25) is 0 Å². The maximum Gasteiger partial charge on any atom is 0.0750 e. The average molecular weight is 244 g/mol. The van der Waals surface area contributed by atoms with Crippen molar-refractivity contribution in [2.45, 2.75) is 11.8 Å². The van der Waals surface area contributed by atoms with Gasteiger partial charge in [-0.25, -0.2) is 4.72 Å². The number of nitrogens with zero attached hydrogens (tertiary/aromatic N) is 1. The predicted octanol–water partition coefficient (Wildman–Crippen LogP) is 2.17. The van der Waals surface area contributed by atoms with E-state index in [0.29, 0.717) is 11.4 Å². The van der Waals surface area contributed by atoms with Gasteiger partial charge in [0.2, 0.25) is 0 Å². The fourth-order valence-electron chi connectivity index (χ4n) is 1.22.